The first-order valence-electron chi connectivity index (χ1n) is 8.90. The standard InChI is InChI=1S/C19H17F2N7O2/c1-19(9-28-16(8-24-27-28)17(22)26-19)13-6-11(2-4-14(13)21)25-18(29)15-5-3-12(7-23-15)30-10-20/h2-8H,9-10H2,1H3,(H2,22,26)(H,25,29)/t19-/m0/s1. The molecule has 1 amide bonds. The maximum absolute atomic E-state index is 14.7. The van der Waals surface area contributed by atoms with Gasteiger partial charge in [0.2, 0.25) is 6.86 Å². The smallest absolute Gasteiger partial charge is 0.274 e. The number of pyridine rings is 1. The van der Waals surface area contributed by atoms with Crippen LogP contribution in [0.5, 0.6) is 5.75 Å². The lowest BCUT2D eigenvalue weighted by Gasteiger charge is -2.31. The minimum absolute atomic E-state index is 0.0884. The van der Waals surface area contributed by atoms with Gasteiger partial charge in [-0.25, -0.2) is 18.4 Å². The van der Waals surface area contributed by atoms with Crippen LogP contribution in [0.15, 0.2) is 47.7 Å². The molecule has 1 aromatic carbocycles. The number of nitrogens with zero attached hydrogens (tertiary/aromatic N) is 5. The van der Waals surface area contributed by atoms with Gasteiger partial charge in [0.05, 0.1) is 18.9 Å². The van der Waals surface area contributed by atoms with Gasteiger partial charge in [-0.1, -0.05) is 5.21 Å². The van der Waals surface area contributed by atoms with Crippen LogP contribution in [0.1, 0.15) is 28.7 Å². The maximum atomic E-state index is 14.7. The van der Waals surface area contributed by atoms with Gasteiger partial charge >= 0.3 is 0 Å². The third-order valence-electron chi connectivity index (χ3n) is 4.70. The number of rotatable bonds is 5. The van der Waals surface area contributed by atoms with Crippen LogP contribution in [0.25, 0.3) is 0 Å². The number of amidine groups is 1. The zero-order chi connectivity index (χ0) is 21.3. The predicted molar refractivity (Wildman–Crippen MR) is 103 cm³/mol. The summed E-state index contributed by atoms with van der Waals surface area (Å²) in [7, 11) is 0. The van der Waals surface area contributed by atoms with E-state index in [9.17, 15) is 13.6 Å². The molecule has 11 heteroatoms. The zero-order valence-electron chi connectivity index (χ0n) is 15.8. The second kappa shape index (κ2) is 7.50. The Morgan fingerprint density at radius 2 is 2.17 bits per heavy atom. The fraction of sp³-hybridized carbons (Fsp3) is 0.211. The lowest BCUT2D eigenvalue weighted by atomic mass is 9.90. The minimum atomic E-state index is -1.04. The number of nitrogens with two attached hydrogens (primary N) is 1. The largest absolute Gasteiger partial charge is 0.461 e. The fourth-order valence-corrected chi connectivity index (χ4v) is 3.24. The van der Waals surface area contributed by atoms with Crippen molar-refractivity contribution in [1.82, 2.24) is 20.0 Å². The SMILES string of the molecule is C[C@@]1(c2cc(NC(=O)c3ccc(OCF)cn3)ccc2F)Cn2nncc2C(N)=N1. The van der Waals surface area contributed by atoms with Gasteiger partial charge in [-0.2, -0.15) is 0 Å². The third kappa shape index (κ3) is 3.56. The average Bonchev–Trinajstić information content (AvgIpc) is 3.19. The van der Waals surface area contributed by atoms with Crippen LogP contribution in [0.2, 0.25) is 0 Å². The van der Waals surface area contributed by atoms with E-state index in [4.69, 9.17) is 5.73 Å². The number of amides is 1. The number of aromatic nitrogens is 4. The van der Waals surface area contributed by atoms with Crippen molar-refractivity contribution in [2.45, 2.75) is 19.0 Å². The molecule has 1 atom stereocenters. The third-order valence-corrected chi connectivity index (χ3v) is 4.70. The van der Waals surface area contributed by atoms with Crippen LogP contribution in [0, 0.1) is 5.82 Å². The van der Waals surface area contributed by atoms with Crippen LogP contribution < -0.4 is 15.8 Å². The van der Waals surface area contributed by atoms with Crippen molar-refractivity contribution in [3.63, 3.8) is 0 Å². The molecular formula is C19H17F2N7O2. The van der Waals surface area contributed by atoms with Crippen molar-refractivity contribution in [3.8, 4) is 5.75 Å². The number of hydrogen-bond acceptors (Lipinski definition) is 7. The van der Waals surface area contributed by atoms with Crippen molar-refractivity contribution >= 4 is 17.4 Å². The molecule has 0 saturated heterocycles. The van der Waals surface area contributed by atoms with Crippen molar-refractivity contribution in [1.29, 1.82) is 0 Å². The summed E-state index contributed by atoms with van der Waals surface area (Å²) in [6.45, 7) is 0.960. The molecule has 0 spiro atoms. The molecule has 154 valence electrons. The molecule has 0 aliphatic carbocycles. The van der Waals surface area contributed by atoms with Gasteiger partial charge in [0.15, 0.2) is 0 Å². The molecule has 0 bridgehead atoms. The molecule has 4 rings (SSSR count). The molecular weight excluding hydrogens is 396 g/mol. The molecule has 0 saturated carbocycles. The molecule has 3 aromatic rings. The maximum Gasteiger partial charge on any atom is 0.274 e. The number of carbonyl (C=O) groups excluding carboxylic acids is 1. The number of aliphatic imine (C=N–C) groups is 1. The van der Waals surface area contributed by atoms with Crippen LogP contribution in [-0.4, -0.2) is 38.6 Å². The highest BCUT2D eigenvalue weighted by Gasteiger charge is 2.35. The summed E-state index contributed by atoms with van der Waals surface area (Å²) in [6, 6.07) is 6.98. The Morgan fingerprint density at radius 1 is 1.33 bits per heavy atom. The number of ether oxygens (including phenoxy) is 1. The summed E-state index contributed by atoms with van der Waals surface area (Å²) < 4.78 is 33.1. The first-order chi connectivity index (χ1) is 14.4. The van der Waals surface area contributed by atoms with Gasteiger partial charge in [0.25, 0.3) is 5.91 Å². The van der Waals surface area contributed by atoms with Gasteiger partial charge in [-0.05, 0) is 37.3 Å². The van der Waals surface area contributed by atoms with E-state index in [0.717, 1.165) is 0 Å². The van der Waals surface area contributed by atoms with E-state index >= 15 is 0 Å². The molecule has 1 aliphatic heterocycles. The normalized spacial score (nSPS) is 17.8. The Labute approximate surface area is 169 Å². The van der Waals surface area contributed by atoms with E-state index in [1.807, 2.05) is 0 Å². The molecule has 1 aliphatic rings. The van der Waals surface area contributed by atoms with E-state index in [2.05, 4.69) is 30.3 Å². The van der Waals surface area contributed by atoms with Gasteiger partial charge in [-0.3, -0.25) is 9.79 Å². The first kappa shape index (κ1) is 19.4. The molecule has 0 radical (unpaired) electrons. The van der Waals surface area contributed by atoms with Gasteiger partial charge in [0, 0.05) is 11.3 Å². The average molecular weight is 413 g/mol. The minimum Gasteiger partial charge on any atom is -0.461 e. The fourth-order valence-electron chi connectivity index (χ4n) is 3.24. The molecule has 3 heterocycles. The predicted octanol–water partition coefficient (Wildman–Crippen LogP) is 2.00. The van der Waals surface area contributed by atoms with Crippen molar-refractivity contribution in [3.05, 3.63) is 65.5 Å². The molecule has 30 heavy (non-hydrogen) atoms. The van der Waals surface area contributed by atoms with Gasteiger partial charge in [0.1, 0.15) is 34.3 Å². The number of alkyl halides is 1. The van der Waals surface area contributed by atoms with E-state index in [1.54, 1.807) is 11.6 Å². The zero-order valence-corrected chi connectivity index (χ0v) is 15.8. The summed E-state index contributed by atoms with van der Waals surface area (Å²) >= 11 is 0. The Balaban J connectivity index is 1.59. The Bertz CT molecular complexity index is 1130. The first-order valence-corrected chi connectivity index (χ1v) is 8.90. The van der Waals surface area contributed by atoms with E-state index in [-0.39, 0.29) is 29.4 Å². The highest BCUT2D eigenvalue weighted by atomic mass is 19.1. The number of hydrogen-bond donors (Lipinski definition) is 2. The summed E-state index contributed by atoms with van der Waals surface area (Å²) in [5.74, 6) is -0.621. The summed E-state index contributed by atoms with van der Waals surface area (Å²) in [5, 5.41) is 10.4. The van der Waals surface area contributed by atoms with Crippen LogP contribution in [0.3, 0.4) is 0 Å². The number of carbonyl (C=O) groups is 1. The second-order valence-corrected chi connectivity index (χ2v) is 6.83. The van der Waals surface area contributed by atoms with Crippen molar-refractivity contribution in [2.75, 3.05) is 12.2 Å². The van der Waals surface area contributed by atoms with Crippen molar-refractivity contribution in [2.24, 2.45) is 10.7 Å². The van der Waals surface area contributed by atoms with E-state index in [1.165, 1.54) is 42.7 Å². The van der Waals surface area contributed by atoms with Crippen LogP contribution in [0.4, 0.5) is 14.5 Å². The summed E-state index contributed by atoms with van der Waals surface area (Å²) in [6.07, 6.45) is 2.73. The monoisotopic (exact) mass is 413 g/mol. The molecule has 0 unspecified atom stereocenters. The number of benzene rings is 1. The Hall–Kier alpha value is -3.89. The number of halogens is 2. The highest BCUT2D eigenvalue weighted by molar-refractivity contribution is 6.03. The highest BCUT2D eigenvalue weighted by Crippen LogP contribution is 2.34. The number of nitrogens with one attached hydrogen (secondary N) is 1. The Morgan fingerprint density at radius 3 is 2.90 bits per heavy atom. The molecule has 9 nitrogen and oxygen atoms in total. The number of anilines is 1. The molecule has 2 aromatic heterocycles. The lowest BCUT2D eigenvalue weighted by Crippen LogP contribution is -2.37. The molecule has 3 N–H and O–H groups in total. The van der Waals surface area contributed by atoms with Gasteiger partial charge in [-0.15, -0.1) is 5.10 Å². The summed E-state index contributed by atoms with van der Waals surface area (Å²) in [5.41, 5.74) is 6.19. The second-order valence-electron chi connectivity index (χ2n) is 6.83. The van der Waals surface area contributed by atoms with Gasteiger partial charge < -0.3 is 15.8 Å². The van der Waals surface area contributed by atoms with Crippen molar-refractivity contribution < 1.29 is 18.3 Å². The lowest BCUT2D eigenvalue weighted by molar-refractivity contribution is 0.102. The summed E-state index contributed by atoms with van der Waals surface area (Å²) in [4.78, 5) is 20.8. The van der Waals surface area contributed by atoms with E-state index < -0.39 is 24.1 Å². The number of fused-ring (bicyclic) bond motifs is 1. The topological polar surface area (TPSA) is 120 Å². The Kier molecular flexibility index (Phi) is 4.86. The van der Waals surface area contributed by atoms with Crippen LogP contribution >= 0.6 is 0 Å². The van der Waals surface area contributed by atoms with E-state index in [0.29, 0.717) is 11.4 Å². The quantitative estimate of drug-likeness (QED) is 0.660. The molecule has 0 fully saturated rings. The van der Waals surface area contributed by atoms with Crippen LogP contribution in [-0.2, 0) is 12.1 Å².